The lowest BCUT2D eigenvalue weighted by atomic mass is 10.1. The predicted octanol–water partition coefficient (Wildman–Crippen LogP) is 2.35. The number of carbonyl (C=O) groups excluding carboxylic acids is 1. The van der Waals surface area contributed by atoms with Crippen molar-refractivity contribution >= 4 is 5.91 Å². The second kappa shape index (κ2) is 7.57. The van der Waals surface area contributed by atoms with Crippen LogP contribution in [0.4, 0.5) is 0 Å². The first-order valence-electron chi connectivity index (χ1n) is 7.79. The molecule has 0 saturated carbocycles. The van der Waals surface area contributed by atoms with E-state index in [4.69, 9.17) is 10.5 Å². The molecule has 2 rings (SSSR count). The van der Waals surface area contributed by atoms with E-state index >= 15 is 0 Å². The van der Waals surface area contributed by atoms with Gasteiger partial charge < -0.3 is 15.4 Å². The molecule has 0 radical (unpaired) electrons. The first kappa shape index (κ1) is 16.0. The third-order valence-corrected chi connectivity index (χ3v) is 3.93. The molecule has 1 fully saturated rings. The van der Waals surface area contributed by atoms with Crippen LogP contribution in [0, 0.1) is 5.92 Å². The molecule has 1 aliphatic rings. The zero-order valence-electron chi connectivity index (χ0n) is 13.0. The molecule has 1 heterocycles. The fourth-order valence-electron chi connectivity index (χ4n) is 2.53. The van der Waals surface area contributed by atoms with Crippen molar-refractivity contribution in [2.45, 2.75) is 38.8 Å². The quantitative estimate of drug-likeness (QED) is 0.875. The summed E-state index contributed by atoms with van der Waals surface area (Å²) in [4.78, 5) is 14.2. The Morgan fingerprint density at radius 2 is 2.10 bits per heavy atom. The van der Waals surface area contributed by atoms with Crippen LogP contribution in [0.3, 0.4) is 0 Å². The van der Waals surface area contributed by atoms with Crippen molar-refractivity contribution in [2.24, 2.45) is 11.7 Å². The summed E-state index contributed by atoms with van der Waals surface area (Å²) in [6, 6.07) is 8.97. The minimum absolute atomic E-state index is 0.00356. The molecule has 1 aromatic rings. The fourth-order valence-corrected chi connectivity index (χ4v) is 2.53. The molecule has 1 saturated heterocycles. The van der Waals surface area contributed by atoms with Crippen molar-refractivity contribution < 1.29 is 9.53 Å². The predicted molar refractivity (Wildman–Crippen MR) is 83.8 cm³/mol. The van der Waals surface area contributed by atoms with Gasteiger partial charge in [-0.05, 0) is 24.3 Å². The first-order valence-corrected chi connectivity index (χ1v) is 7.79. The van der Waals surface area contributed by atoms with Crippen LogP contribution in [0.5, 0.6) is 0 Å². The Morgan fingerprint density at radius 1 is 1.38 bits per heavy atom. The van der Waals surface area contributed by atoms with Crippen molar-refractivity contribution in [1.29, 1.82) is 0 Å². The zero-order chi connectivity index (χ0) is 15.2. The van der Waals surface area contributed by atoms with E-state index in [0.717, 1.165) is 31.6 Å². The summed E-state index contributed by atoms with van der Waals surface area (Å²) in [6.45, 7) is 6.55. The van der Waals surface area contributed by atoms with Gasteiger partial charge in [-0.3, -0.25) is 4.79 Å². The zero-order valence-corrected chi connectivity index (χ0v) is 13.0. The molecular formula is C17H26N2O2. The van der Waals surface area contributed by atoms with Gasteiger partial charge in [0.2, 0.25) is 5.91 Å². The highest BCUT2D eigenvalue weighted by Gasteiger charge is 2.30. The van der Waals surface area contributed by atoms with E-state index in [1.165, 1.54) is 0 Å². The lowest BCUT2D eigenvalue weighted by molar-refractivity contribution is -0.132. The normalized spacial score (nSPS) is 20.0. The third-order valence-electron chi connectivity index (χ3n) is 3.93. The summed E-state index contributed by atoms with van der Waals surface area (Å²) in [5.41, 5.74) is 6.94. The second-order valence-electron chi connectivity index (χ2n) is 6.14. The number of hydrogen-bond acceptors (Lipinski definition) is 3. The Hall–Kier alpha value is -1.39. The van der Waals surface area contributed by atoms with Crippen LogP contribution in [-0.4, -0.2) is 36.6 Å². The molecule has 21 heavy (non-hydrogen) atoms. The van der Waals surface area contributed by atoms with Gasteiger partial charge in [0.15, 0.2) is 0 Å². The fraction of sp³-hybridized carbons (Fsp3) is 0.588. The molecule has 2 N–H and O–H groups in total. The van der Waals surface area contributed by atoms with E-state index in [1.54, 1.807) is 0 Å². The Balaban J connectivity index is 1.82. The number of rotatable bonds is 6. The van der Waals surface area contributed by atoms with Crippen LogP contribution < -0.4 is 5.73 Å². The lowest BCUT2D eigenvalue weighted by Crippen LogP contribution is -2.37. The topological polar surface area (TPSA) is 55.6 Å². The number of likely N-dealkylation sites (tertiary alicyclic amines) is 1. The van der Waals surface area contributed by atoms with Gasteiger partial charge in [-0.2, -0.15) is 0 Å². The maximum Gasteiger partial charge on any atom is 0.244 e. The number of ether oxygens (including phenoxy) is 1. The molecule has 0 aliphatic carbocycles. The van der Waals surface area contributed by atoms with Crippen molar-refractivity contribution in [3.63, 3.8) is 0 Å². The maximum absolute atomic E-state index is 12.4. The number of nitrogens with zero attached hydrogens (tertiary/aromatic N) is 1. The van der Waals surface area contributed by atoms with Gasteiger partial charge in [-0.15, -0.1) is 0 Å². The highest BCUT2D eigenvalue weighted by molar-refractivity contribution is 5.83. The number of carbonyl (C=O) groups is 1. The summed E-state index contributed by atoms with van der Waals surface area (Å²) >= 11 is 0. The molecule has 1 aliphatic heterocycles. The number of amides is 1. The molecule has 2 atom stereocenters. The van der Waals surface area contributed by atoms with E-state index in [0.29, 0.717) is 12.5 Å². The lowest BCUT2D eigenvalue weighted by Gasteiger charge is -2.21. The van der Waals surface area contributed by atoms with Crippen molar-refractivity contribution in [3.8, 4) is 0 Å². The van der Waals surface area contributed by atoms with Crippen LogP contribution in [0.2, 0.25) is 0 Å². The Bertz CT molecular complexity index is 447. The van der Waals surface area contributed by atoms with E-state index in [-0.39, 0.29) is 12.0 Å². The summed E-state index contributed by atoms with van der Waals surface area (Å²) in [7, 11) is 0. The van der Waals surface area contributed by atoms with Crippen molar-refractivity contribution in [2.75, 3.05) is 19.7 Å². The highest BCUT2D eigenvalue weighted by Crippen LogP contribution is 2.19. The largest absolute Gasteiger partial charge is 0.376 e. The van der Waals surface area contributed by atoms with Gasteiger partial charge in [0.1, 0.15) is 6.04 Å². The number of nitrogens with two attached hydrogens (primary N) is 1. The Labute approximate surface area is 127 Å². The minimum atomic E-state index is -0.569. The highest BCUT2D eigenvalue weighted by atomic mass is 16.5. The van der Waals surface area contributed by atoms with Crippen molar-refractivity contribution in [3.05, 3.63) is 35.9 Å². The third kappa shape index (κ3) is 4.55. The standard InChI is InChI=1S/C17H26N2O2/c1-13(2)9-11-21-15-8-10-19(12-15)17(20)16(18)14-6-4-3-5-7-14/h3-7,13,15-16H,8-12,18H2,1-2H3/t15-,16+/m0/s1. The van der Waals surface area contributed by atoms with Crippen LogP contribution in [0.15, 0.2) is 30.3 Å². The Morgan fingerprint density at radius 3 is 2.76 bits per heavy atom. The molecule has 116 valence electrons. The molecule has 1 amide bonds. The first-order chi connectivity index (χ1) is 10.1. The molecule has 4 nitrogen and oxygen atoms in total. The molecule has 0 aromatic heterocycles. The Kier molecular flexibility index (Phi) is 5.76. The summed E-state index contributed by atoms with van der Waals surface area (Å²) in [6.07, 6.45) is 2.13. The van der Waals surface area contributed by atoms with Gasteiger partial charge in [-0.1, -0.05) is 44.2 Å². The summed E-state index contributed by atoms with van der Waals surface area (Å²) < 4.78 is 5.84. The minimum Gasteiger partial charge on any atom is -0.376 e. The van der Waals surface area contributed by atoms with E-state index in [2.05, 4.69) is 13.8 Å². The summed E-state index contributed by atoms with van der Waals surface area (Å²) in [5, 5.41) is 0. The molecule has 0 unspecified atom stereocenters. The molecule has 1 aromatic carbocycles. The van der Waals surface area contributed by atoms with Crippen LogP contribution in [0.25, 0.3) is 0 Å². The van der Waals surface area contributed by atoms with E-state index < -0.39 is 6.04 Å². The smallest absolute Gasteiger partial charge is 0.244 e. The van der Waals surface area contributed by atoms with Gasteiger partial charge in [0, 0.05) is 19.7 Å². The van der Waals surface area contributed by atoms with Crippen LogP contribution in [-0.2, 0) is 9.53 Å². The number of benzene rings is 1. The maximum atomic E-state index is 12.4. The molecule has 0 spiro atoms. The number of hydrogen-bond donors (Lipinski definition) is 1. The summed E-state index contributed by atoms with van der Waals surface area (Å²) in [5.74, 6) is 0.645. The van der Waals surface area contributed by atoms with Crippen LogP contribution >= 0.6 is 0 Å². The van der Waals surface area contributed by atoms with Gasteiger partial charge in [0.25, 0.3) is 0 Å². The van der Waals surface area contributed by atoms with Gasteiger partial charge in [-0.25, -0.2) is 0 Å². The molecular weight excluding hydrogens is 264 g/mol. The SMILES string of the molecule is CC(C)CCO[C@H]1CCN(C(=O)[C@H](N)c2ccccc2)C1. The van der Waals surface area contributed by atoms with Crippen molar-refractivity contribution in [1.82, 2.24) is 4.90 Å². The average Bonchev–Trinajstić information content (AvgIpc) is 2.95. The van der Waals surface area contributed by atoms with E-state index in [9.17, 15) is 4.79 Å². The van der Waals surface area contributed by atoms with Gasteiger partial charge in [0.05, 0.1) is 6.10 Å². The molecule has 0 bridgehead atoms. The van der Waals surface area contributed by atoms with Gasteiger partial charge >= 0.3 is 0 Å². The van der Waals surface area contributed by atoms with E-state index in [1.807, 2.05) is 35.2 Å². The second-order valence-corrected chi connectivity index (χ2v) is 6.14. The monoisotopic (exact) mass is 290 g/mol. The average molecular weight is 290 g/mol. The van der Waals surface area contributed by atoms with Crippen LogP contribution in [0.1, 0.15) is 38.3 Å². The molecule has 4 heteroatoms.